The number of rotatable bonds is 5. The SMILES string of the molecule is CSC1CCC(CNC(=O)c2ccc(Br)cc2)C1N1CCCC1. The van der Waals surface area contributed by atoms with Crippen molar-refractivity contribution in [2.75, 3.05) is 25.9 Å². The molecular weight excluding hydrogens is 372 g/mol. The first-order chi connectivity index (χ1) is 11.2. The number of thioether (sulfide) groups is 1. The summed E-state index contributed by atoms with van der Waals surface area (Å²) in [5.74, 6) is 0.634. The molecule has 3 unspecified atom stereocenters. The van der Waals surface area contributed by atoms with E-state index in [4.69, 9.17) is 0 Å². The molecular formula is C18H25BrN2OS. The lowest BCUT2D eigenvalue weighted by molar-refractivity contribution is 0.0937. The Labute approximate surface area is 151 Å². The molecule has 1 saturated heterocycles. The molecule has 1 amide bonds. The van der Waals surface area contributed by atoms with Gasteiger partial charge in [0.2, 0.25) is 0 Å². The van der Waals surface area contributed by atoms with Crippen molar-refractivity contribution in [3.63, 3.8) is 0 Å². The van der Waals surface area contributed by atoms with Crippen LogP contribution in [0.1, 0.15) is 36.0 Å². The monoisotopic (exact) mass is 396 g/mol. The number of carbonyl (C=O) groups excluding carboxylic acids is 1. The fourth-order valence-electron chi connectivity index (χ4n) is 4.00. The van der Waals surface area contributed by atoms with Crippen molar-refractivity contribution in [1.82, 2.24) is 10.2 Å². The Bertz CT molecular complexity index is 530. The Hall–Kier alpha value is -0.520. The van der Waals surface area contributed by atoms with Gasteiger partial charge in [0.15, 0.2) is 0 Å². The molecule has 1 N–H and O–H groups in total. The highest BCUT2D eigenvalue weighted by atomic mass is 79.9. The molecule has 2 fully saturated rings. The normalized spacial score (nSPS) is 28.2. The molecule has 1 heterocycles. The molecule has 0 spiro atoms. The third-order valence-electron chi connectivity index (χ3n) is 5.18. The second kappa shape index (κ2) is 8.04. The number of nitrogens with one attached hydrogen (secondary N) is 1. The predicted molar refractivity (Wildman–Crippen MR) is 101 cm³/mol. The van der Waals surface area contributed by atoms with E-state index in [1.807, 2.05) is 36.0 Å². The van der Waals surface area contributed by atoms with Crippen LogP contribution in [0.3, 0.4) is 0 Å². The second-order valence-corrected chi connectivity index (χ2v) is 8.55. The first kappa shape index (κ1) is 17.3. The summed E-state index contributed by atoms with van der Waals surface area (Å²) in [6, 6.07) is 8.22. The lowest BCUT2D eigenvalue weighted by Gasteiger charge is -2.33. The van der Waals surface area contributed by atoms with E-state index in [0.717, 1.165) is 21.8 Å². The third kappa shape index (κ3) is 4.12. The lowest BCUT2D eigenvalue weighted by atomic mass is 10.0. The molecule has 3 atom stereocenters. The Balaban J connectivity index is 1.59. The van der Waals surface area contributed by atoms with Gasteiger partial charge < -0.3 is 5.32 Å². The largest absolute Gasteiger partial charge is 0.352 e. The molecule has 0 bridgehead atoms. The minimum absolute atomic E-state index is 0.0465. The van der Waals surface area contributed by atoms with Gasteiger partial charge in [0.05, 0.1) is 0 Å². The van der Waals surface area contributed by atoms with Gasteiger partial charge in [-0.1, -0.05) is 15.9 Å². The van der Waals surface area contributed by atoms with Gasteiger partial charge in [-0.05, 0) is 75.2 Å². The molecule has 1 aromatic carbocycles. The van der Waals surface area contributed by atoms with Crippen LogP contribution in [0.5, 0.6) is 0 Å². The second-order valence-electron chi connectivity index (χ2n) is 6.56. The van der Waals surface area contributed by atoms with Crippen LogP contribution < -0.4 is 5.32 Å². The van der Waals surface area contributed by atoms with E-state index in [1.165, 1.54) is 38.8 Å². The van der Waals surface area contributed by atoms with Crippen LogP contribution in [-0.4, -0.2) is 48.0 Å². The molecule has 126 valence electrons. The fourth-order valence-corrected chi connectivity index (χ4v) is 5.31. The van der Waals surface area contributed by atoms with E-state index in [0.29, 0.717) is 12.0 Å². The summed E-state index contributed by atoms with van der Waals surface area (Å²) in [6.07, 6.45) is 7.40. The van der Waals surface area contributed by atoms with Gasteiger partial charge in [-0.2, -0.15) is 11.8 Å². The quantitative estimate of drug-likeness (QED) is 0.821. The molecule has 3 nitrogen and oxygen atoms in total. The number of carbonyl (C=O) groups is 1. The maximum atomic E-state index is 12.3. The average molecular weight is 397 g/mol. The summed E-state index contributed by atoms with van der Waals surface area (Å²) < 4.78 is 1.00. The summed E-state index contributed by atoms with van der Waals surface area (Å²) in [5.41, 5.74) is 0.741. The molecule has 1 aromatic rings. The number of likely N-dealkylation sites (tertiary alicyclic amines) is 1. The highest BCUT2D eigenvalue weighted by molar-refractivity contribution is 9.10. The zero-order valence-electron chi connectivity index (χ0n) is 13.6. The van der Waals surface area contributed by atoms with Crippen molar-refractivity contribution < 1.29 is 4.79 Å². The standard InChI is InChI=1S/C18H25BrN2OS/c1-23-16-9-6-14(17(16)21-10-2-3-11-21)12-20-18(22)13-4-7-15(19)8-5-13/h4-5,7-8,14,16-17H,2-3,6,9-12H2,1H3,(H,20,22). The van der Waals surface area contributed by atoms with Gasteiger partial charge >= 0.3 is 0 Å². The Morgan fingerprint density at radius 2 is 1.96 bits per heavy atom. The van der Waals surface area contributed by atoms with Crippen molar-refractivity contribution in [2.45, 2.75) is 37.0 Å². The first-order valence-electron chi connectivity index (χ1n) is 8.49. The van der Waals surface area contributed by atoms with E-state index in [1.54, 1.807) is 0 Å². The zero-order valence-corrected chi connectivity index (χ0v) is 16.0. The summed E-state index contributed by atoms with van der Waals surface area (Å²) >= 11 is 5.41. The summed E-state index contributed by atoms with van der Waals surface area (Å²) in [6.45, 7) is 3.27. The molecule has 1 aliphatic heterocycles. The fraction of sp³-hybridized carbons (Fsp3) is 0.611. The highest BCUT2D eigenvalue weighted by Gasteiger charge is 2.40. The molecule has 2 aliphatic rings. The van der Waals surface area contributed by atoms with Crippen LogP contribution in [0.4, 0.5) is 0 Å². The van der Waals surface area contributed by atoms with E-state index in [2.05, 4.69) is 32.4 Å². The molecule has 0 aromatic heterocycles. The molecule has 5 heteroatoms. The average Bonchev–Trinajstić information content (AvgIpc) is 3.21. The minimum Gasteiger partial charge on any atom is -0.352 e. The topological polar surface area (TPSA) is 32.3 Å². The van der Waals surface area contributed by atoms with Crippen LogP contribution in [0.15, 0.2) is 28.7 Å². The van der Waals surface area contributed by atoms with Gasteiger partial charge in [0, 0.05) is 27.9 Å². The predicted octanol–water partition coefficient (Wildman–Crippen LogP) is 3.78. The van der Waals surface area contributed by atoms with E-state index in [-0.39, 0.29) is 5.91 Å². The van der Waals surface area contributed by atoms with E-state index < -0.39 is 0 Å². The van der Waals surface area contributed by atoms with Gasteiger partial charge in [0.25, 0.3) is 5.91 Å². The van der Waals surface area contributed by atoms with E-state index in [9.17, 15) is 4.79 Å². The molecule has 1 saturated carbocycles. The van der Waals surface area contributed by atoms with Crippen molar-refractivity contribution >= 4 is 33.6 Å². The van der Waals surface area contributed by atoms with E-state index >= 15 is 0 Å². The summed E-state index contributed by atoms with van der Waals surface area (Å²) in [7, 11) is 0. The first-order valence-corrected chi connectivity index (χ1v) is 10.6. The lowest BCUT2D eigenvalue weighted by Crippen LogP contribution is -2.45. The maximum absolute atomic E-state index is 12.3. The highest BCUT2D eigenvalue weighted by Crippen LogP contribution is 2.37. The van der Waals surface area contributed by atoms with Gasteiger partial charge in [-0.25, -0.2) is 0 Å². The van der Waals surface area contributed by atoms with Gasteiger partial charge in [0.1, 0.15) is 0 Å². The van der Waals surface area contributed by atoms with Crippen LogP contribution in [0, 0.1) is 5.92 Å². The molecule has 1 aliphatic carbocycles. The van der Waals surface area contributed by atoms with Crippen LogP contribution in [0.2, 0.25) is 0 Å². The van der Waals surface area contributed by atoms with Crippen LogP contribution in [0.25, 0.3) is 0 Å². The van der Waals surface area contributed by atoms with Crippen LogP contribution >= 0.6 is 27.7 Å². The number of amides is 1. The number of halogens is 1. The number of hydrogen-bond donors (Lipinski definition) is 1. The number of nitrogens with zero attached hydrogens (tertiary/aromatic N) is 1. The van der Waals surface area contributed by atoms with Crippen LogP contribution in [-0.2, 0) is 0 Å². The Morgan fingerprint density at radius 3 is 2.61 bits per heavy atom. The molecule has 23 heavy (non-hydrogen) atoms. The summed E-state index contributed by atoms with van der Waals surface area (Å²) in [4.78, 5) is 15.0. The van der Waals surface area contributed by atoms with Gasteiger partial charge in [-0.3, -0.25) is 9.69 Å². The van der Waals surface area contributed by atoms with Crippen molar-refractivity contribution in [2.24, 2.45) is 5.92 Å². The maximum Gasteiger partial charge on any atom is 0.251 e. The zero-order chi connectivity index (χ0) is 16.2. The molecule has 0 radical (unpaired) electrons. The Kier molecular flexibility index (Phi) is 6.05. The van der Waals surface area contributed by atoms with Gasteiger partial charge in [-0.15, -0.1) is 0 Å². The third-order valence-corrected chi connectivity index (χ3v) is 6.83. The van der Waals surface area contributed by atoms with Crippen molar-refractivity contribution in [3.8, 4) is 0 Å². The summed E-state index contributed by atoms with van der Waals surface area (Å²) in [5, 5.41) is 3.89. The smallest absolute Gasteiger partial charge is 0.251 e. The minimum atomic E-state index is 0.0465. The van der Waals surface area contributed by atoms with Crippen molar-refractivity contribution in [1.29, 1.82) is 0 Å². The van der Waals surface area contributed by atoms with Crippen molar-refractivity contribution in [3.05, 3.63) is 34.3 Å². The Morgan fingerprint density at radius 1 is 1.26 bits per heavy atom. The number of benzene rings is 1. The molecule has 3 rings (SSSR count). The number of hydrogen-bond acceptors (Lipinski definition) is 3.